The summed E-state index contributed by atoms with van der Waals surface area (Å²) < 4.78 is 13.4. The van der Waals surface area contributed by atoms with Crippen molar-refractivity contribution in [3.8, 4) is 0 Å². The molecule has 0 aromatic heterocycles. The van der Waals surface area contributed by atoms with Crippen LogP contribution in [0.2, 0.25) is 39.3 Å². The molecule has 0 spiro atoms. The molecular weight excluding hydrogens is 454 g/mol. The van der Waals surface area contributed by atoms with Crippen LogP contribution in [0.25, 0.3) is 0 Å². The molecule has 0 aromatic rings. The van der Waals surface area contributed by atoms with Crippen LogP contribution >= 0.6 is 0 Å². The van der Waals surface area contributed by atoms with Crippen LogP contribution in [0.15, 0.2) is 16.8 Å². The first-order chi connectivity index (χ1) is 15.8. The number of nitrogens with zero attached hydrogens (tertiary/aromatic N) is 1. The molecule has 4 rings (SSSR count). The molecule has 4 nitrogen and oxygen atoms in total. The lowest BCUT2D eigenvalue weighted by Crippen LogP contribution is -2.53. The molecule has 7 unspecified atom stereocenters. The minimum absolute atomic E-state index is 0.266. The first kappa shape index (κ1) is 26.6. The van der Waals surface area contributed by atoms with Gasteiger partial charge in [0.1, 0.15) is 7.11 Å². The standard InChI is InChI=1S/C28H51NO3Si2/c1-27-16-14-21(29-30-3)18-20(27)10-11-22-23-12-13-25(28(23,2)17-15-24(22)27)26(32-34(7,8)9)19-31-33(4,5)6/h18,22-26H,10-17,19H2,1-9H3/b29-21+. The van der Waals surface area contributed by atoms with Crippen LogP contribution in [0, 0.1) is 34.5 Å². The number of hydrogen-bond donors (Lipinski definition) is 0. The summed E-state index contributed by atoms with van der Waals surface area (Å²) in [5, 5.41) is 4.29. The van der Waals surface area contributed by atoms with Gasteiger partial charge in [0.2, 0.25) is 0 Å². The van der Waals surface area contributed by atoms with Crippen molar-refractivity contribution in [1.29, 1.82) is 0 Å². The maximum atomic E-state index is 6.91. The zero-order valence-corrected chi connectivity index (χ0v) is 25.5. The molecule has 0 aliphatic heterocycles. The van der Waals surface area contributed by atoms with Gasteiger partial charge in [0.05, 0.1) is 18.4 Å². The van der Waals surface area contributed by atoms with E-state index in [0.717, 1.165) is 36.5 Å². The molecule has 3 fully saturated rings. The van der Waals surface area contributed by atoms with Gasteiger partial charge >= 0.3 is 0 Å². The van der Waals surface area contributed by atoms with Crippen LogP contribution in [0.4, 0.5) is 0 Å². The summed E-state index contributed by atoms with van der Waals surface area (Å²) >= 11 is 0. The average molecular weight is 506 g/mol. The molecule has 0 saturated heterocycles. The highest BCUT2D eigenvalue weighted by molar-refractivity contribution is 6.70. The summed E-state index contributed by atoms with van der Waals surface area (Å²) in [4.78, 5) is 5.11. The summed E-state index contributed by atoms with van der Waals surface area (Å²) in [6, 6.07) is 0. The molecule has 34 heavy (non-hydrogen) atoms. The van der Waals surface area contributed by atoms with Crippen LogP contribution in [0.1, 0.15) is 65.2 Å². The van der Waals surface area contributed by atoms with Gasteiger partial charge in [0.15, 0.2) is 16.6 Å². The average Bonchev–Trinajstić information content (AvgIpc) is 3.07. The molecule has 194 valence electrons. The van der Waals surface area contributed by atoms with E-state index in [-0.39, 0.29) is 6.10 Å². The molecule has 3 saturated carbocycles. The Balaban J connectivity index is 1.56. The van der Waals surface area contributed by atoms with E-state index in [0.29, 0.717) is 16.7 Å². The Labute approximate surface area is 211 Å². The smallest absolute Gasteiger partial charge is 0.184 e. The molecule has 0 aromatic carbocycles. The molecule has 0 bridgehead atoms. The lowest BCUT2D eigenvalue weighted by Gasteiger charge is -2.58. The number of hydrogen-bond acceptors (Lipinski definition) is 4. The lowest BCUT2D eigenvalue weighted by molar-refractivity contribution is -0.0742. The molecule has 0 radical (unpaired) electrons. The monoisotopic (exact) mass is 505 g/mol. The molecule has 0 heterocycles. The SMILES string of the molecule is CO/N=C1/C=C2CCC3C(CCC4(C)C(C(CO[Si](C)(C)C)O[Si](C)(C)C)CCC34)C2(C)CC1. The number of allylic oxidation sites excluding steroid dienone is 2. The zero-order valence-electron chi connectivity index (χ0n) is 23.5. The third-order valence-corrected chi connectivity index (χ3v) is 11.9. The summed E-state index contributed by atoms with van der Waals surface area (Å²) in [5.41, 5.74) is 3.54. The van der Waals surface area contributed by atoms with Crippen molar-refractivity contribution in [3.05, 3.63) is 11.6 Å². The maximum Gasteiger partial charge on any atom is 0.184 e. The molecular formula is C28H51NO3Si2. The van der Waals surface area contributed by atoms with E-state index < -0.39 is 16.6 Å². The Kier molecular flexibility index (Phi) is 7.41. The van der Waals surface area contributed by atoms with E-state index >= 15 is 0 Å². The van der Waals surface area contributed by atoms with Gasteiger partial charge in [-0.2, -0.15) is 0 Å². The van der Waals surface area contributed by atoms with E-state index in [9.17, 15) is 0 Å². The number of rotatable bonds is 7. The highest BCUT2D eigenvalue weighted by Gasteiger charge is 2.60. The fraction of sp³-hybridized carbons (Fsp3) is 0.893. The predicted octanol–water partition coefficient (Wildman–Crippen LogP) is 7.64. The Bertz CT molecular complexity index is 813. The first-order valence-electron chi connectivity index (χ1n) is 13.9. The van der Waals surface area contributed by atoms with E-state index in [2.05, 4.69) is 64.4 Å². The first-order valence-corrected chi connectivity index (χ1v) is 20.7. The highest BCUT2D eigenvalue weighted by Crippen LogP contribution is 2.67. The third-order valence-electron chi connectivity index (χ3n) is 9.89. The van der Waals surface area contributed by atoms with Gasteiger partial charge < -0.3 is 13.7 Å². The number of oxime groups is 1. The van der Waals surface area contributed by atoms with E-state index in [1.54, 1.807) is 12.7 Å². The fourth-order valence-electron chi connectivity index (χ4n) is 8.43. The Morgan fingerprint density at radius 2 is 1.68 bits per heavy atom. The number of fused-ring (bicyclic) bond motifs is 5. The Morgan fingerprint density at radius 1 is 0.941 bits per heavy atom. The summed E-state index contributed by atoms with van der Waals surface area (Å²) in [5.74, 6) is 3.15. The summed E-state index contributed by atoms with van der Waals surface area (Å²) in [6.07, 6.45) is 13.0. The molecule has 0 amide bonds. The normalized spacial score (nSPS) is 40.3. The molecule has 4 aliphatic rings. The van der Waals surface area contributed by atoms with Gasteiger partial charge in [-0.1, -0.05) is 24.6 Å². The Morgan fingerprint density at radius 3 is 2.32 bits per heavy atom. The van der Waals surface area contributed by atoms with E-state index in [1.807, 2.05) is 0 Å². The second kappa shape index (κ2) is 9.46. The fourth-order valence-corrected chi connectivity index (χ4v) is 10.2. The van der Waals surface area contributed by atoms with Crippen molar-refractivity contribution in [2.24, 2.45) is 39.7 Å². The van der Waals surface area contributed by atoms with Gasteiger partial charge in [-0.05, 0) is 131 Å². The molecule has 6 heteroatoms. The van der Waals surface area contributed by atoms with Crippen molar-refractivity contribution in [3.63, 3.8) is 0 Å². The van der Waals surface area contributed by atoms with Crippen LogP contribution in [-0.2, 0) is 13.7 Å². The van der Waals surface area contributed by atoms with Crippen molar-refractivity contribution in [1.82, 2.24) is 0 Å². The maximum absolute atomic E-state index is 6.91. The summed E-state index contributed by atoms with van der Waals surface area (Å²) in [6.45, 7) is 20.0. The van der Waals surface area contributed by atoms with Crippen molar-refractivity contribution >= 4 is 22.3 Å². The molecule has 4 aliphatic carbocycles. The van der Waals surface area contributed by atoms with Crippen molar-refractivity contribution < 1.29 is 13.7 Å². The summed E-state index contributed by atoms with van der Waals surface area (Å²) in [7, 11) is -1.55. The lowest BCUT2D eigenvalue weighted by atomic mass is 9.46. The van der Waals surface area contributed by atoms with Gasteiger partial charge in [-0.25, -0.2) is 0 Å². The van der Waals surface area contributed by atoms with Gasteiger partial charge in [-0.15, -0.1) is 0 Å². The van der Waals surface area contributed by atoms with Gasteiger partial charge in [0.25, 0.3) is 0 Å². The second-order valence-corrected chi connectivity index (χ2v) is 23.2. The van der Waals surface area contributed by atoms with Crippen LogP contribution in [0.5, 0.6) is 0 Å². The molecule has 7 atom stereocenters. The Hall–Kier alpha value is -0.436. The van der Waals surface area contributed by atoms with Crippen LogP contribution < -0.4 is 0 Å². The van der Waals surface area contributed by atoms with Crippen LogP contribution in [-0.4, -0.2) is 42.2 Å². The third kappa shape index (κ3) is 5.16. The van der Waals surface area contributed by atoms with Crippen LogP contribution in [0.3, 0.4) is 0 Å². The minimum Gasteiger partial charge on any atom is -0.415 e. The quantitative estimate of drug-likeness (QED) is 0.264. The minimum atomic E-state index is -1.65. The topological polar surface area (TPSA) is 40.0 Å². The second-order valence-electron chi connectivity index (χ2n) is 14.2. The molecule has 0 N–H and O–H groups in total. The van der Waals surface area contributed by atoms with Crippen molar-refractivity contribution in [2.75, 3.05) is 13.7 Å². The van der Waals surface area contributed by atoms with Crippen molar-refractivity contribution in [2.45, 2.75) is 111 Å². The van der Waals surface area contributed by atoms with Gasteiger partial charge in [0, 0.05) is 0 Å². The van der Waals surface area contributed by atoms with Gasteiger partial charge in [-0.3, -0.25) is 0 Å². The predicted molar refractivity (Wildman–Crippen MR) is 147 cm³/mol. The van der Waals surface area contributed by atoms with E-state index in [4.69, 9.17) is 13.7 Å². The largest absolute Gasteiger partial charge is 0.415 e. The van der Waals surface area contributed by atoms with E-state index in [1.165, 1.54) is 44.9 Å². The highest BCUT2D eigenvalue weighted by atomic mass is 28.4. The zero-order chi connectivity index (χ0) is 24.9.